The first-order chi connectivity index (χ1) is 8.94. The minimum atomic E-state index is -4.20. The molecule has 0 unspecified atom stereocenters. The lowest BCUT2D eigenvalue weighted by Crippen LogP contribution is -2.08. The van der Waals surface area contributed by atoms with Crippen LogP contribution < -0.4 is 5.11 Å². The van der Waals surface area contributed by atoms with E-state index in [9.17, 15) is 23.6 Å². The normalized spacial score (nSPS) is 11.2. The monoisotopic (exact) mass is 278 g/mol. The van der Waals surface area contributed by atoms with E-state index >= 15 is 0 Å². The summed E-state index contributed by atoms with van der Waals surface area (Å²) in [5.41, 5.74) is -0.550. The summed E-state index contributed by atoms with van der Waals surface area (Å²) in [5.74, 6) is -0.694. The van der Waals surface area contributed by atoms with E-state index < -0.39 is 36.0 Å². The van der Waals surface area contributed by atoms with Crippen LogP contribution in [0.2, 0.25) is 0 Å². The first-order valence-corrected chi connectivity index (χ1v) is 6.67. The summed E-state index contributed by atoms with van der Waals surface area (Å²) in [6.07, 6.45) is 0. The van der Waals surface area contributed by atoms with E-state index in [4.69, 9.17) is 0 Å². The maximum Gasteiger partial charge on any atom is 0.288 e. The van der Waals surface area contributed by atoms with Crippen molar-refractivity contribution in [3.8, 4) is 5.75 Å². The van der Waals surface area contributed by atoms with Crippen LogP contribution in [0, 0.1) is 10.1 Å². The van der Waals surface area contributed by atoms with Gasteiger partial charge in [-0.05, 0) is 12.1 Å². The molecule has 98 valence electrons. The smallest absolute Gasteiger partial charge is 0.288 e. The largest absolute Gasteiger partial charge is 0.872 e. The van der Waals surface area contributed by atoms with Crippen LogP contribution in [-0.2, 0) is 9.84 Å². The van der Waals surface area contributed by atoms with Crippen LogP contribution in [0.3, 0.4) is 0 Å². The molecule has 0 fully saturated rings. The van der Waals surface area contributed by atoms with Crippen LogP contribution >= 0.6 is 0 Å². The molecule has 2 aromatic rings. The molecule has 0 saturated carbocycles. The Hall–Kier alpha value is -2.41. The number of hydrogen-bond donors (Lipinski definition) is 0. The van der Waals surface area contributed by atoms with Gasteiger partial charge in [0.1, 0.15) is 4.90 Å². The Labute approximate surface area is 109 Å². The van der Waals surface area contributed by atoms with Crippen LogP contribution in [0.5, 0.6) is 5.75 Å². The summed E-state index contributed by atoms with van der Waals surface area (Å²) in [4.78, 5) is 9.10. The predicted molar refractivity (Wildman–Crippen MR) is 64.4 cm³/mol. The van der Waals surface area contributed by atoms with Crippen LogP contribution in [0.15, 0.2) is 58.3 Å². The Morgan fingerprint density at radius 1 is 0.895 bits per heavy atom. The fraction of sp³-hybridized carbons (Fsp3) is 0. The van der Waals surface area contributed by atoms with Gasteiger partial charge in [0.15, 0.2) is 0 Å². The molecule has 2 aromatic carbocycles. The van der Waals surface area contributed by atoms with Gasteiger partial charge in [-0.2, -0.15) is 0 Å². The molecule has 0 spiro atoms. The number of nitrogens with zero attached hydrogens (tertiary/aromatic N) is 1. The fourth-order valence-corrected chi connectivity index (χ4v) is 3.13. The third-order valence-electron chi connectivity index (χ3n) is 2.49. The van der Waals surface area contributed by atoms with Gasteiger partial charge >= 0.3 is 0 Å². The van der Waals surface area contributed by atoms with Crippen LogP contribution in [-0.4, -0.2) is 13.3 Å². The maximum absolute atomic E-state index is 12.3. The first-order valence-electron chi connectivity index (χ1n) is 5.19. The van der Waals surface area contributed by atoms with E-state index in [1.807, 2.05) is 0 Å². The van der Waals surface area contributed by atoms with E-state index in [0.717, 1.165) is 24.3 Å². The first kappa shape index (κ1) is 13.0. The summed E-state index contributed by atoms with van der Waals surface area (Å²) in [7, 11) is -4.20. The number of rotatable bonds is 3. The molecule has 0 aliphatic carbocycles. The lowest BCUT2D eigenvalue weighted by atomic mass is 10.3. The molecule has 0 amide bonds. The minimum absolute atomic E-state index is 0.468. The van der Waals surface area contributed by atoms with E-state index in [1.54, 1.807) is 0 Å². The van der Waals surface area contributed by atoms with Crippen LogP contribution in [0.1, 0.15) is 0 Å². The molecule has 0 atom stereocenters. The van der Waals surface area contributed by atoms with Crippen molar-refractivity contribution < 1.29 is 18.4 Å². The molecule has 0 saturated heterocycles. The highest BCUT2D eigenvalue weighted by molar-refractivity contribution is 7.91. The Morgan fingerprint density at radius 3 is 2.00 bits per heavy atom. The van der Waals surface area contributed by atoms with E-state index in [0.29, 0.717) is 0 Å². The van der Waals surface area contributed by atoms with Gasteiger partial charge in [-0.15, -0.1) is 0 Å². The highest BCUT2D eigenvalue weighted by Crippen LogP contribution is 2.31. The van der Waals surface area contributed by atoms with Crippen molar-refractivity contribution >= 4 is 15.5 Å². The zero-order valence-corrected chi connectivity index (χ0v) is 10.3. The summed E-state index contributed by atoms with van der Waals surface area (Å²) >= 11 is 0. The van der Waals surface area contributed by atoms with E-state index in [2.05, 4.69) is 0 Å². The second kappa shape index (κ2) is 4.69. The quantitative estimate of drug-likeness (QED) is 0.625. The molecule has 0 radical (unpaired) electrons. The van der Waals surface area contributed by atoms with Crippen LogP contribution in [0.25, 0.3) is 0 Å². The molecule has 0 aliphatic rings. The van der Waals surface area contributed by atoms with Crippen molar-refractivity contribution in [2.75, 3.05) is 0 Å². The molecular formula is C12H8NO5S-. The molecule has 0 aliphatic heterocycles. The molecule has 0 heterocycles. The Kier molecular flexibility index (Phi) is 3.22. The van der Waals surface area contributed by atoms with E-state index in [-0.39, 0.29) is 0 Å². The summed E-state index contributed by atoms with van der Waals surface area (Å²) < 4.78 is 24.6. The summed E-state index contributed by atoms with van der Waals surface area (Å²) in [6.45, 7) is 0. The van der Waals surface area contributed by atoms with Crippen molar-refractivity contribution in [3.63, 3.8) is 0 Å². The topological polar surface area (TPSA) is 100 Å². The second-order valence-electron chi connectivity index (χ2n) is 3.68. The molecule has 0 aromatic heterocycles. The zero-order valence-electron chi connectivity index (χ0n) is 9.52. The highest BCUT2D eigenvalue weighted by Gasteiger charge is 2.27. The third kappa shape index (κ3) is 2.27. The maximum atomic E-state index is 12.3. The zero-order chi connectivity index (χ0) is 14.0. The van der Waals surface area contributed by atoms with Crippen molar-refractivity contribution in [1.82, 2.24) is 0 Å². The average molecular weight is 278 g/mol. The molecular weight excluding hydrogens is 270 g/mol. The SMILES string of the molecule is O=[N+]([O-])c1ccccc1S(=O)(=O)c1ccccc1[O-]. The fourth-order valence-electron chi connectivity index (χ4n) is 1.63. The van der Waals surface area contributed by atoms with Gasteiger partial charge in [0.2, 0.25) is 9.84 Å². The van der Waals surface area contributed by atoms with Gasteiger partial charge in [-0.25, -0.2) is 8.42 Å². The second-order valence-corrected chi connectivity index (χ2v) is 5.56. The number of nitro groups is 1. The molecule has 6 nitrogen and oxygen atoms in total. The molecule has 19 heavy (non-hydrogen) atoms. The van der Waals surface area contributed by atoms with Crippen molar-refractivity contribution in [2.45, 2.75) is 9.79 Å². The van der Waals surface area contributed by atoms with Gasteiger partial charge in [-0.1, -0.05) is 36.1 Å². The van der Waals surface area contributed by atoms with Gasteiger partial charge in [-0.3, -0.25) is 10.1 Å². The number of nitro benzene ring substituents is 1. The van der Waals surface area contributed by atoms with Crippen molar-refractivity contribution in [3.05, 3.63) is 58.6 Å². The number of benzene rings is 2. The highest BCUT2D eigenvalue weighted by atomic mass is 32.2. The number of sulfone groups is 1. The number of hydrogen-bond acceptors (Lipinski definition) is 5. The minimum Gasteiger partial charge on any atom is -0.872 e. The number of para-hydroxylation sites is 2. The lowest BCUT2D eigenvalue weighted by molar-refractivity contribution is -0.387. The Balaban J connectivity index is 2.72. The molecule has 0 bridgehead atoms. The average Bonchev–Trinajstić information content (AvgIpc) is 2.39. The molecule has 7 heteroatoms. The van der Waals surface area contributed by atoms with Gasteiger partial charge in [0.25, 0.3) is 5.69 Å². The van der Waals surface area contributed by atoms with Gasteiger partial charge in [0.05, 0.1) is 9.82 Å². The Bertz CT molecular complexity index is 739. The predicted octanol–water partition coefficient (Wildman–Crippen LogP) is 1.50. The molecule has 0 N–H and O–H groups in total. The van der Waals surface area contributed by atoms with Crippen molar-refractivity contribution in [2.24, 2.45) is 0 Å². The summed E-state index contributed by atoms with van der Waals surface area (Å²) in [6, 6.07) is 9.95. The van der Waals surface area contributed by atoms with Crippen LogP contribution in [0.4, 0.5) is 5.69 Å². The third-order valence-corrected chi connectivity index (χ3v) is 4.33. The van der Waals surface area contributed by atoms with E-state index in [1.165, 1.54) is 24.3 Å². The van der Waals surface area contributed by atoms with Gasteiger partial charge in [0, 0.05) is 6.07 Å². The van der Waals surface area contributed by atoms with Crippen molar-refractivity contribution in [1.29, 1.82) is 0 Å². The Morgan fingerprint density at radius 2 is 1.42 bits per heavy atom. The molecule has 2 rings (SSSR count). The lowest BCUT2D eigenvalue weighted by Gasteiger charge is -2.13. The standard InChI is InChI=1S/C12H9NO5S/c14-10-6-2-4-8-12(10)19(17,18)11-7-3-1-5-9(11)13(15)16/h1-8,14H/p-1. The summed E-state index contributed by atoms with van der Waals surface area (Å²) in [5, 5.41) is 22.4. The van der Waals surface area contributed by atoms with Gasteiger partial charge < -0.3 is 5.11 Å².